The van der Waals surface area contributed by atoms with Crippen LogP contribution in [0.25, 0.3) is 27.7 Å². The molecule has 4 heteroatoms. The van der Waals surface area contributed by atoms with E-state index in [9.17, 15) is 4.39 Å². The number of hydrogen-bond acceptors (Lipinski definition) is 1. The Morgan fingerprint density at radius 3 is 2.88 bits per heavy atom. The molecule has 0 saturated heterocycles. The number of para-hydroxylation sites is 1. The van der Waals surface area contributed by atoms with Crippen molar-refractivity contribution in [2.45, 2.75) is 0 Å². The molecule has 0 aliphatic carbocycles. The third kappa shape index (κ3) is 1.02. The highest BCUT2D eigenvalue weighted by atomic mass is 19.1. The molecule has 82 valence electrons. The molecule has 1 N–H and O–H groups in total. The van der Waals surface area contributed by atoms with Crippen molar-refractivity contribution in [1.82, 2.24) is 14.4 Å². The second kappa shape index (κ2) is 2.85. The van der Waals surface area contributed by atoms with Crippen LogP contribution in [0.2, 0.25) is 0 Å². The number of imidazole rings is 1. The highest BCUT2D eigenvalue weighted by molar-refractivity contribution is 6.05. The van der Waals surface area contributed by atoms with Crippen molar-refractivity contribution in [3.05, 3.63) is 48.4 Å². The van der Waals surface area contributed by atoms with Gasteiger partial charge in [0, 0.05) is 10.9 Å². The summed E-state index contributed by atoms with van der Waals surface area (Å²) in [6.07, 6.45) is 0. The van der Waals surface area contributed by atoms with Crippen molar-refractivity contribution < 1.29 is 4.39 Å². The summed E-state index contributed by atoms with van der Waals surface area (Å²) in [5.74, 6) is -0.309. The van der Waals surface area contributed by atoms with Gasteiger partial charge in [-0.2, -0.15) is 4.39 Å². The summed E-state index contributed by atoms with van der Waals surface area (Å²) in [7, 11) is 0. The quantitative estimate of drug-likeness (QED) is 0.458. The molecular formula is C13H8FN3. The molecule has 0 spiro atoms. The number of nitrogens with zero attached hydrogens (tertiary/aromatic N) is 2. The van der Waals surface area contributed by atoms with Crippen LogP contribution in [0.1, 0.15) is 0 Å². The van der Waals surface area contributed by atoms with Crippen molar-refractivity contribution in [3.8, 4) is 0 Å². The zero-order valence-electron chi connectivity index (χ0n) is 8.81. The van der Waals surface area contributed by atoms with Crippen LogP contribution in [0.15, 0.2) is 42.5 Å². The lowest BCUT2D eigenvalue weighted by Crippen LogP contribution is -1.91. The number of benzene rings is 1. The third-order valence-corrected chi connectivity index (χ3v) is 3.03. The van der Waals surface area contributed by atoms with Crippen molar-refractivity contribution in [1.29, 1.82) is 0 Å². The Hall–Kier alpha value is -2.36. The molecular weight excluding hydrogens is 217 g/mol. The fraction of sp³-hybridized carbons (Fsp3) is 0. The first-order valence-electron chi connectivity index (χ1n) is 5.38. The highest BCUT2D eigenvalue weighted by Crippen LogP contribution is 2.26. The largest absolute Gasteiger partial charge is 0.339 e. The molecule has 0 aliphatic heterocycles. The number of nitrogens with one attached hydrogen (secondary N) is 1. The van der Waals surface area contributed by atoms with Gasteiger partial charge in [0.25, 0.3) is 0 Å². The Bertz CT molecular complexity index is 857. The van der Waals surface area contributed by atoms with Gasteiger partial charge in [-0.25, -0.2) is 4.98 Å². The smallest absolute Gasteiger partial charge is 0.201 e. The highest BCUT2D eigenvalue weighted by Gasteiger charge is 2.12. The maximum absolute atomic E-state index is 13.8. The van der Waals surface area contributed by atoms with Gasteiger partial charge >= 0.3 is 0 Å². The van der Waals surface area contributed by atoms with E-state index in [0.717, 1.165) is 16.4 Å². The molecule has 0 fully saturated rings. The van der Waals surface area contributed by atoms with E-state index in [1.807, 2.05) is 24.3 Å². The van der Waals surface area contributed by atoms with Crippen LogP contribution in [0.5, 0.6) is 0 Å². The molecule has 1 aromatic carbocycles. The Morgan fingerprint density at radius 1 is 1.06 bits per heavy atom. The minimum absolute atomic E-state index is 0.309. The molecule has 4 rings (SSSR count). The second-order valence-corrected chi connectivity index (χ2v) is 4.02. The molecule has 0 unspecified atom stereocenters. The Balaban J connectivity index is 2.35. The number of pyridine rings is 1. The molecule has 3 heterocycles. The summed E-state index contributed by atoms with van der Waals surface area (Å²) in [4.78, 5) is 7.66. The van der Waals surface area contributed by atoms with E-state index < -0.39 is 0 Å². The first-order chi connectivity index (χ1) is 8.34. The zero-order valence-corrected chi connectivity index (χ0v) is 8.81. The van der Waals surface area contributed by atoms with E-state index in [2.05, 4.69) is 9.97 Å². The van der Waals surface area contributed by atoms with Crippen LogP contribution in [-0.2, 0) is 0 Å². The molecule has 0 amide bonds. The summed E-state index contributed by atoms with van der Waals surface area (Å²) >= 11 is 0. The second-order valence-electron chi connectivity index (χ2n) is 4.02. The molecule has 4 aromatic rings. The summed E-state index contributed by atoms with van der Waals surface area (Å²) in [6, 6.07) is 12.7. The van der Waals surface area contributed by atoms with Crippen molar-refractivity contribution >= 4 is 27.7 Å². The predicted molar refractivity (Wildman–Crippen MR) is 64.5 cm³/mol. The van der Waals surface area contributed by atoms with Gasteiger partial charge in [-0.15, -0.1) is 0 Å². The normalized spacial score (nSPS) is 11.8. The number of halogens is 1. The molecule has 0 radical (unpaired) electrons. The van der Waals surface area contributed by atoms with E-state index in [1.165, 1.54) is 10.5 Å². The number of aromatic amines is 1. The third-order valence-electron chi connectivity index (χ3n) is 3.03. The minimum atomic E-state index is -0.309. The molecule has 0 bridgehead atoms. The predicted octanol–water partition coefficient (Wildman–Crippen LogP) is 3.11. The average Bonchev–Trinajstić information content (AvgIpc) is 2.85. The van der Waals surface area contributed by atoms with Crippen LogP contribution in [-0.4, -0.2) is 14.4 Å². The van der Waals surface area contributed by atoms with Gasteiger partial charge in [-0.05, 0) is 18.2 Å². The number of hydrogen-bond donors (Lipinski definition) is 1. The topological polar surface area (TPSA) is 33.1 Å². The lowest BCUT2D eigenvalue weighted by molar-refractivity contribution is 0.572. The minimum Gasteiger partial charge on any atom is -0.339 e. The number of aromatic nitrogens is 3. The Morgan fingerprint density at radius 2 is 1.94 bits per heavy atom. The van der Waals surface area contributed by atoms with Crippen LogP contribution < -0.4 is 0 Å². The van der Waals surface area contributed by atoms with E-state index >= 15 is 0 Å². The van der Waals surface area contributed by atoms with E-state index in [-0.39, 0.29) is 5.95 Å². The fourth-order valence-corrected chi connectivity index (χ4v) is 2.28. The number of fused-ring (bicyclic) bond motifs is 5. The number of rotatable bonds is 0. The maximum atomic E-state index is 13.8. The van der Waals surface area contributed by atoms with Gasteiger partial charge in [-0.1, -0.05) is 24.3 Å². The molecule has 3 nitrogen and oxygen atoms in total. The molecule has 0 aliphatic rings. The van der Waals surface area contributed by atoms with Crippen molar-refractivity contribution in [2.24, 2.45) is 0 Å². The average molecular weight is 225 g/mol. The van der Waals surface area contributed by atoms with E-state index in [1.54, 1.807) is 12.1 Å². The van der Waals surface area contributed by atoms with Gasteiger partial charge in [0.2, 0.25) is 5.95 Å². The fourth-order valence-electron chi connectivity index (χ4n) is 2.28. The summed E-state index contributed by atoms with van der Waals surface area (Å²) in [5.41, 5.74) is 3.12. The van der Waals surface area contributed by atoms with Crippen molar-refractivity contribution in [2.75, 3.05) is 0 Å². The lowest BCUT2D eigenvalue weighted by atomic mass is 10.2. The SMILES string of the molecule is Fc1cccc2nc3c4ccccc4[nH]c3n12. The van der Waals surface area contributed by atoms with Crippen molar-refractivity contribution in [3.63, 3.8) is 0 Å². The van der Waals surface area contributed by atoms with Gasteiger partial charge in [0.1, 0.15) is 16.8 Å². The monoisotopic (exact) mass is 225 g/mol. The van der Waals surface area contributed by atoms with Crippen LogP contribution in [0, 0.1) is 5.95 Å². The summed E-state index contributed by atoms with van der Waals surface area (Å²) in [5, 5.41) is 1.02. The van der Waals surface area contributed by atoms with Crippen LogP contribution >= 0.6 is 0 Å². The standard InChI is InChI=1S/C13H8FN3/c14-10-6-3-7-11-16-12-8-4-1-2-5-9(8)15-13(12)17(10)11/h1-7,15H. The molecule has 3 aromatic heterocycles. The molecule has 17 heavy (non-hydrogen) atoms. The molecule has 0 atom stereocenters. The summed E-state index contributed by atoms with van der Waals surface area (Å²) < 4.78 is 15.3. The Labute approximate surface area is 95.5 Å². The van der Waals surface area contributed by atoms with Gasteiger partial charge in [0.05, 0.1) is 0 Å². The maximum Gasteiger partial charge on any atom is 0.201 e. The Kier molecular flexibility index (Phi) is 1.47. The van der Waals surface area contributed by atoms with Gasteiger partial charge in [-0.3, -0.25) is 4.40 Å². The first kappa shape index (κ1) is 8.75. The van der Waals surface area contributed by atoms with Crippen LogP contribution in [0.3, 0.4) is 0 Å². The first-order valence-corrected chi connectivity index (χ1v) is 5.38. The number of H-pyrrole nitrogens is 1. The van der Waals surface area contributed by atoms with E-state index in [4.69, 9.17) is 0 Å². The zero-order chi connectivity index (χ0) is 11.4. The molecule has 0 saturated carbocycles. The lowest BCUT2D eigenvalue weighted by Gasteiger charge is -1.95. The van der Waals surface area contributed by atoms with E-state index in [0.29, 0.717) is 11.3 Å². The summed E-state index contributed by atoms with van der Waals surface area (Å²) in [6.45, 7) is 0. The van der Waals surface area contributed by atoms with Crippen LogP contribution in [0.4, 0.5) is 4.39 Å². The van der Waals surface area contributed by atoms with Gasteiger partial charge in [0.15, 0.2) is 0 Å². The van der Waals surface area contributed by atoms with Gasteiger partial charge < -0.3 is 4.98 Å².